The van der Waals surface area contributed by atoms with Crippen molar-refractivity contribution in [1.29, 1.82) is 0 Å². The van der Waals surface area contributed by atoms with Gasteiger partial charge in [0.2, 0.25) is 10.0 Å². The molecule has 0 atom stereocenters. The minimum Gasteiger partial charge on any atom is -0.493 e. The average Bonchev–Trinajstić information content (AvgIpc) is 2.70. The molecule has 0 aliphatic carbocycles. The quantitative estimate of drug-likeness (QED) is 0.549. The zero-order valence-electron chi connectivity index (χ0n) is 15.7. The van der Waals surface area contributed by atoms with Gasteiger partial charge < -0.3 is 9.64 Å². The van der Waals surface area contributed by atoms with Crippen molar-refractivity contribution in [3.8, 4) is 5.75 Å². The Morgan fingerprint density at radius 1 is 1.11 bits per heavy atom. The molecule has 0 radical (unpaired) electrons. The van der Waals surface area contributed by atoms with E-state index in [1.54, 1.807) is 0 Å². The van der Waals surface area contributed by atoms with Crippen molar-refractivity contribution in [2.45, 2.75) is 18.4 Å². The summed E-state index contributed by atoms with van der Waals surface area (Å²) in [7, 11) is -3.90. The largest absolute Gasteiger partial charge is 0.493 e. The molecular weight excluding hydrogens is 382 g/mol. The first-order valence-corrected chi connectivity index (χ1v) is 10.7. The smallest absolute Gasteiger partial charge is 0.289 e. The van der Waals surface area contributed by atoms with Gasteiger partial charge in [0.05, 0.1) is 37.7 Å². The molecule has 0 aromatic heterocycles. The minimum absolute atomic E-state index is 0.245. The second-order valence-electron chi connectivity index (χ2n) is 6.60. The maximum atomic E-state index is 12.9. The van der Waals surface area contributed by atoms with E-state index in [2.05, 4.69) is 0 Å². The lowest BCUT2D eigenvalue weighted by molar-refractivity contribution is -0.917. The third-order valence-electron chi connectivity index (χ3n) is 4.82. The molecule has 0 amide bonds. The SMILES string of the molecule is CCOc1ccccc1C[NH+]1CCN(S(=O)(=O)c2ccccc2[N+](=O)[O-])CC1. The molecule has 1 aliphatic rings. The molecule has 1 fully saturated rings. The van der Waals surface area contributed by atoms with Crippen molar-refractivity contribution in [3.05, 3.63) is 64.2 Å². The van der Waals surface area contributed by atoms with Gasteiger partial charge in [-0.05, 0) is 25.1 Å². The van der Waals surface area contributed by atoms with E-state index in [1.807, 2.05) is 31.2 Å². The molecule has 2 aromatic rings. The van der Waals surface area contributed by atoms with Gasteiger partial charge in [-0.1, -0.05) is 24.3 Å². The van der Waals surface area contributed by atoms with Gasteiger partial charge in [-0.3, -0.25) is 10.1 Å². The summed E-state index contributed by atoms with van der Waals surface area (Å²) in [5.74, 6) is 0.854. The molecule has 150 valence electrons. The molecule has 9 heteroatoms. The van der Waals surface area contributed by atoms with Crippen molar-refractivity contribution in [1.82, 2.24) is 4.31 Å². The van der Waals surface area contributed by atoms with E-state index < -0.39 is 14.9 Å². The van der Waals surface area contributed by atoms with Crippen LogP contribution in [0.4, 0.5) is 5.69 Å². The standard InChI is InChI=1S/C19H23N3O5S/c1-2-27-18-9-5-3-7-16(18)15-20-11-13-21(14-12-20)28(25,26)19-10-6-4-8-17(19)22(23)24/h3-10H,2,11-15H2,1H3/p+1. The van der Waals surface area contributed by atoms with Gasteiger partial charge in [0.25, 0.3) is 5.69 Å². The number of hydrogen-bond acceptors (Lipinski definition) is 5. The number of nitrogens with zero attached hydrogens (tertiary/aromatic N) is 2. The maximum absolute atomic E-state index is 12.9. The highest BCUT2D eigenvalue weighted by Gasteiger charge is 2.34. The highest BCUT2D eigenvalue weighted by atomic mass is 32.2. The number of rotatable bonds is 7. The molecule has 1 aliphatic heterocycles. The summed E-state index contributed by atoms with van der Waals surface area (Å²) in [6.07, 6.45) is 0. The van der Waals surface area contributed by atoms with E-state index in [0.29, 0.717) is 32.8 Å². The monoisotopic (exact) mass is 406 g/mol. The lowest BCUT2D eigenvalue weighted by atomic mass is 10.2. The summed E-state index contributed by atoms with van der Waals surface area (Å²) in [5, 5.41) is 11.2. The predicted molar refractivity (Wildman–Crippen MR) is 104 cm³/mol. The molecule has 1 heterocycles. The molecular formula is C19H24N3O5S+. The highest BCUT2D eigenvalue weighted by Crippen LogP contribution is 2.26. The van der Waals surface area contributed by atoms with Crippen LogP contribution < -0.4 is 9.64 Å². The number of hydrogen-bond donors (Lipinski definition) is 1. The van der Waals surface area contributed by atoms with Crippen LogP contribution in [0.15, 0.2) is 53.4 Å². The molecule has 0 saturated carbocycles. The Morgan fingerprint density at radius 2 is 1.75 bits per heavy atom. The first-order valence-electron chi connectivity index (χ1n) is 9.21. The van der Waals surface area contributed by atoms with Gasteiger partial charge in [0.1, 0.15) is 12.3 Å². The lowest BCUT2D eigenvalue weighted by Gasteiger charge is -2.31. The van der Waals surface area contributed by atoms with Crippen LogP contribution in [0.5, 0.6) is 5.75 Å². The van der Waals surface area contributed by atoms with Gasteiger partial charge in [0, 0.05) is 11.6 Å². The summed E-state index contributed by atoms with van der Waals surface area (Å²) < 4.78 is 32.8. The number of quaternary nitrogens is 1. The minimum atomic E-state index is -3.90. The van der Waals surface area contributed by atoms with Crippen LogP contribution in [0.25, 0.3) is 0 Å². The molecule has 2 aromatic carbocycles. The van der Waals surface area contributed by atoms with Crippen LogP contribution in [0.3, 0.4) is 0 Å². The lowest BCUT2D eigenvalue weighted by Crippen LogP contribution is -3.13. The van der Waals surface area contributed by atoms with Crippen molar-refractivity contribution >= 4 is 15.7 Å². The van der Waals surface area contributed by atoms with Gasteiger partial charge in [-0.25, -0.2) is 8.42 Å². The van der Waals surface area contributed by atoms with Gasteiger partial charge in [-0.15, -0.1) is 0 Å². The topological polar surface area (TPSA) is 94.2 Å². The Balaban J connectivity index is 1.70. The number of piperazine rings is 1. The predicted octanol–water partition coefficient (Wildman–Crippen LogP) is 1.08. The fourth-order valence-corrected chi connectivity index (χ4v) is 5.00. The number of nitro groups is 1. The molecule has 0 unspecified atom stereocenters. The van der Waals surface area contributed by atoms with Crippen LogP contribution >= 0.6 is 0 Å². The summed E-state index contributed by atoms with van der Waals surface area (Å²) in [6.45, 7) is 5.17. The van der Waals surface area contributed by atoms with Gasteiger partial charge >= 0.3 is 0 Å². The Labute approximate surface area is 164 Å². The van der Waals surface area contributed by atoms with E-state index in [4.69, 9.17) is 4.74 Å². The van der Waals surface area contributed by atoms with Crippen molar-refractivity contribution in [3.63, 3.8) is 0 Å². The third kappa shape index (κ3) is 4.32. The first kappa shape index (κ1) is 20.2. The number of benzene rings is 2. The van der Waals surface area contributed by atoms with E-state index in [0.717, 1.165) is 17.9 Å². The number of nitro benzene ring substituents is 1. The van der Waals surface area contributed by atoms with E-state index in [-0.39, 0.29) is 10.6 Å². The van der Waals surface area contributed by atoms with Crippen molar-refractivity contribution in [2.75, 3.05) is 32.8 Å². The fourth-order valence-electron chi connectivity index (χ4n) is 3.40. The van der Waals surface area contributed by atoms with Crippen molar-refractivity contribution < 1.29 is 23.0 Å². The van der Waals surface area contributed by atoms with Crippen LogP contribution in [0.1, 0.15) is 12.5 Å². The van der Waals surface area contributed by atoms with Gasteiger partial charge in [0.15, 0.2) is 4.90 Å². The van der Waals surface area contributed by atoms with E-state index in [1.165, 1.54) is 33.5 Å². The zero-order valence-corrected chi connectivity index (χ0v) is 16.5. The van der Waals surface area contributed by atoms with Crippen molar-refractivity contribution in [2.24, 2.45) is 0 Å². The second kappa shape index (κ2) is 8.68. The average molecular weight is 406 g/mol. The van der Waals surface area contributed by atoms with E-state index >= 15 is 0 Å². The second-order valence-corrected chi connectivity index (χ2v) is 8.50. The Hall–Kier alpha value is -2.49. The third-order valence-corrected chi connectivity index (χ3v) is 6.77. The molecule has 1 saturated heterocycles. The number of para-hydroxylation sites is 2. The normalized spacial score (nSPS) is 16.0. The highest BCUT2D eigenvalue weighted by molar-refractivity contribution is 7.89. The summed E-state index contributed by atoms with van der Waals surface area (Å²) in [5.41, 5.74) is 0.706. The Morgan fingerprint density at radius 3 is 2.43 bits per heavy atom. The molecule has 8 nitrogen and oxygen atoms in total. The summed E-state index contributed by atoms with van der Waals surface area (Å²) in [6, 6.07) is 13.3. The summed E-state index contributed by atoms with van der Waals surface area (Å²) in [4.78, 5) is 11.6. The first-order chi connectivity index (χ1) is 13.4. The summed E-state index contributed by atoms with van der Waals surface area (Å²) >= 11 is 0. The van der Waals surface area contributed by atoms with E-state index in [9.17, 15) is 18.5 Å². The zero-order chi connectivity index (χ0) is 20.1. The number of ether oxygens (including phenoxy) is 1. The molecule has 28 heavy (non-hydrogen) atoms. The number of sulfonamides is 1. The van der Waals surface area contributed by atoms with Crippen LogP contribution in [-0.2, 0) is 16.6 Å². The van der Waals surface area contributed by atoms with Gasteiger partial charge in [-0.2, -0.15) is 4.31 Å². The molecule has 1 N–H and O–H groups in total. The molecule has 0 spiro atoms. The molecule has 3 rings (SSSR count). The molecule has 0 bridgehead atoms. The van der Waals surface area contributed by atoms with Crippen LogP contribution in [0.2, 0.25) is 0 Å². The Bertz CT molecular complexity index is 940. The maximum Gasteiger partial charge on any atom is 0.289 e. The van der Waals surface area contributed by atoms with Crippen LogP contribution in [-0.4, -0.2) is 50.4 Å². The fraction of sp³-hybridized carbons (Fsp3) is 0.368. The van der Waals surface area contributed by atoms with Crippen LogP contribution in [0, 0.1) is 10.1 Å². The number of nitrogens with one attached hydrogen (secondary N) is 1. The Kier molecular flexibility index (Phi) is 6.28.